The molecule has 0 unspecified atom stereocenters. The standard InChI is InChI=1S/C25H24O6/c1-15-13-18(26)9-11-21(15)30-23(28)16-5-7-17(8-6-16)24(29)31-22-12-10-19(27)14-20(22)25(2,3)4/h5-14,26-27H,1-4H3. The first kappa shape index (κ1) is 21.9. The van der Waals surface area contributed by atoms with Crippen molar-refractivity contribution in [3.63, 3.8) is 0 Å². The van der Waals surface area contributed by atoms with Crippen LogP contribution in [0.2, 0.25) is 0 Å². The number of hydrogen-bond acceptors (Lipinski definition) is 6. The minimum atomic E-state index is -0.581. The van der Waals surface area contributed by atoms with Crippen LogP contribution >= 0.6 is 0 Å². The van der Waals surface area contributed by atoms with Crippen molar-refractivity contribution in [3.05, 3.63) is 82.9 Å². The van der Waals surface area contributed by atoms with Crippen molar-refractivity contribution in [2.45, 2.75) is 33.1 Å². The van der Waals surface area contributed by atoms with Gasteiger partial charge in [-0.1, -0.05) is 20.8 Å². The molecular weight excluding hydrogens is 396 g/mol. The maximum atomic E-state index is 12.6. The first-order valence-electron chi connectivity index (χ1n) is 9.72. The summed E-state index contributed by atoms with van der Waals surface area (Å²) in [6, 6.07) is 15.0. The minimum absolute atomic E-state index is 0.0865. The van der Waals surface area contributed by atoms with Gasteiger partial charge in [-0.3, -0.25) is 0 Å². The Morgan fingerprint density at radius 3 is 1.65 bits per heavy atom. The predicted molar refractivity (Wildman–Crippen MR) is 116 cm³/mol. The molecule has 0 fully saturated rings. The van der Waals surface area contributed by atoms with Crippen LogP contribution in [0.4, 0.5) is 0 Å². The van der Waals surface area contributed by atoms with Crippen LogP contribution in [-0.4, -0.2) is 22.2 Å². The largest absolute Gasteiger partial charge is 0.508 e. The predicted octanol–water partition coefficient (Wildman–Crippen LogP) is 5.14. The Bertz CT molecular complexity index is 1120. The van der Waals surface area contributed by atoms with E-state index in [-0.39, 0.29) is 28.0 Å². The number of phenolic OH excluding ortho intramolecular Hbond substituents is 2. The van der Waals surface area contributed by atoms with Crippen LogP contribution in [0.15, 0.2) is 60.7 Å². The highest BCUT2D eigenvalue weighted by molar-refractivity contribution is 5.95. The number of carbonyl (C=O) groups excluding carboxylic acids is 2. The lowest BCUT2D eigenvalue weighted by Crippen LogP contribution is -2.16. The SMILES string of the molecule is Cc1cc(O)ccc1OC(=O)c1ccc(C(=O)Oc2ccc(O)cc2C(C)(C)C)cc1. The Morgan fingerprint density at radius 1 is 0.710 bits per heavy atom. The van der Waals surface area contributed by atoms with Gasteiger partial charge in [0.25, 0.3) is 0 Å². The van der Waals surface area contributed by atoms with Crippen LogP contribution in [0, 0.1) is 6.92 Å². The van der Waals surface area contributed by atoms with Crippen LogP contribution in [0.3, 0.4) is 0 Å². The fourth-order valence-electron chi connectivity index (χ4n) is 3.00. The number of ether oxygens (including phenoxy) is 2. The van der Waals surface area contributed by atoms with E-state index < -0.39 is 11.9 Å². The van der Waals surface area contributed by atoms with Gasteiger partial charge in [0.1, 0.15) is 23.0 Å². The molecule has 0 saturated heterocycles. The summed E-state index contributed by atoms with van der Waals surface area (Å²) >= 11 is 0. The monoisotopic (exact) mass is 420 g/mol. The van der Waals surface area contributed by atoms with Gasteiger partial charge in [-0.05, 0) is 78.6 Å². The van der Waals surface area contributed by atoms with Crippen molar-refractivity contribution in [2.75, 3.05) is 0 Å². The molecule has 31 heavy (non-hydrogen) atoms. The Labute approximate surface area is 180 Å². The molecule has 6 nitrogen and oxygen atoms in total. The number of phenols is 2. The summed E-state index contributed by atoms with van der Waals surface area (Å²) in [5.41, 5.74) is 1.52. The second-order valence-electron chi connectivity index (χ2n) is 8.24. The van der Waals surface area contributed by atoms with Crippen molar-refractivity contribution in [1.29, 1.82) is 0 Å². The van der Waals surface area contributed by atoms with Crippen LogP contribution < -0.4 is 9.47 Å². The molecule has 0 saturated carbocycles. The topological polar surface area (TPSA) is 93.1 Å². The highest BCUT2D eigenvalue weighted by Gasteiger charge is 2.22. The second kappa shape index (κ2) is 8.52. The number of carbonyl (C=O) groups is 2. The molecule has 6 heteroatoms. The molecule has 160 valence electrons. The zero-order chi connectivity index (χ0) is 22.8. The molecule has 0 radical (unpaired) electrons. The van der Waals surface area contributed by atoms with Gasteiger partial charge >= 0.3 is 11.9 Å². The number of aryl methyl sites for hydroxylation is 1. The lowest BCUT2D eigenvalue weighted by atomic mass is 9.86. The Hall–Kier alpha value is -3.80. The van der Waals surface area contributed by atoms with Crippen molar-refractivity contribution in [1.82, 2.24) is 0 Å². The maximum Gasteiger partial charge on any atom is 0.343 e. The normalized spacial score (nSPS) is 11.1. The zero-order valence-corrected chi connectivity index (χ0v) is 17.8. The summed E-state index contributed by atoms with van der Waals surface area (Å²) in [6.45, 7) is 7.58. The van der Waals surface area contributed by atoms with Crippen LogP contribution in [0.1, 0.15) is 52.6 Å². The molecule has 0 aromatic heterocycles. The summed E-state index contributed by atoms with van der Waals surface area (Å²) < 4.78 is 10.9. The van der Waals surface area contributed by atoms with E-state index in [4.69, 9.17) is 9.47 Å². The lowest BCUT2D eigenvalue weighted by Gasteiger charge is -2.22. The number of esters is 2. The molecule has 3 aromatic carbocycles. The number of hydrogen-bond donors (Lipinski definition) is 2. The molecule has 0 aliphatic carbocycles. The summed E-state index contributed by atoms with van der Waals surface area (Å²) in [7, 11) is 0. The number of benzene rings is 3. The van der Waals surface area contributed by atoms with Crippen molar-refractivity contribution in [2.24, 2.45) is 0 Å². The Kier molecular flexibility index (Phi) is 6.02. The third-order valence-corrected chi connectivity index (χ3v) is 4.69. The maximum absolute atomic E-state index is 12.6. The first-order valence-corrected chi connectivity index (χ1v) is 9.72. The van der Waals surface area contributed by atoms with Gasteiger partial charge in [0, 0.05) is 5.56 Å². The van der Waals surface area contributed by atoms with Crippen molar-refractivity contribution >= 4 is 11.9 Å². The average Bonchev–Trinajstić information content (AvgIpc) is 2.70. The molecule has 3 aromatic rings. The Balaban J connectivity index is 1.74. The van der Waals surface area contributed by atoms with E-state index in [0.29, 0.717) is 22.6 Å². The molecular formula is C25H24O6. The summed E-state index contributed by atoms with van der Waals surface area (Å²) in [5.74, 6) is -0.275. The third-order valence-electron chi connectivity index (χ3n) is 4.69. The summed E-state index contributed by atoms with van der Waals surface area (Å²) in [4.78, 5) is 25.0. The third kappa shape index (κ3) is 5.22. The van der Waals surface area contributed by atoms with Gasteiger partial charge in [-0.2, -0.15) is 0 Å². The Morgan fingerprint density at radius 2 is 1.16 bits per heavy atom. The average molecular weight is 420 g/mol. The molecule has 0 heterocycles. The number of aromatic hydroxyl groups is 2. The molecule has 0 bridgehead atoms. The lowest BCUT2D eigenvalue weighted by molar-refractivity contribution is 0.0718. The zero-order valence-electron chi connectivity index (χ0n) is 17.8. The van der Waals surface area contributed by atoms with Crippen LogP contribution in [-0.2, 0) is 5.41 Å². The van der Waals surface area contributed by atoms with Gasteiger partial charge in [-0.15, -0.1) is 0 Å². The van der Waals surface area contributed by atoms with E-state index in [1.807, 2.05) is 20.8 Å². The van der Waals surface area contributed by atoms with Crippen LogP contribution in [0.5, 0.6) is 23.0 Å². The van der Waals surface area contributed by atoms with Gasteiger partial charge in [-0.25, -0.2) is 9.59 Å². The van der Waals surface area contributed by atoms with E-state index in [0.717, 1.165) is 0 Å². The molecule has 0 aliphatic rings. The van der Waals surface area contributed by atoms with Gasteiger partial charge in [0.15, 0.2) is 0 Å². The summed E-state index contributed by atoms with van der Waals surface area (Å²) in [5, 5.41) is 19.2. The highest BCUT2D eigenvalue weighted by Crippen LogP contribution is 2.34. The molecule has 3 rings (SSSR count). The fraction of sp³-hybridized carbons (Fsp3) is 0.200. The van der Waals surface area contributed by atoms with E-state index in [9.17, 15) is 19.8 Å². The molecule has 0 aliphatic heterocycles. The van der Waals surface area contributed by atoms with E-state index in [2.05, 4.69) is 0 Å². The van der Waals surface area contributed by atoms with E-state index in [1.54, 1.807) is 19.1 Å². The fourth-order valence-corrected chi connectivity index (χ4v) is 3.00. The number of rotatable bonds is 4. The van der Waals surface area contributed by atoms with Gasteiger partial charge in [0.2, 0.25) is 0 Å². The second-order valence-corrected chi connectivity index (χ2v) is 8.24. The van der Waals surface area contributed by atoms with Gasteiger partial charge < -0.3 is 19.7 Å². The van der Waals surface area contributed by atoms with E-state index >= 15 is 0 Å². The van der Waals surface area contributed by atoms with Crippen molar-refractivity contribution < 1.29 is 29.3 Å². The highest BCUT2D eigenvalue weighted by atomic mass is 16.5. The quantitative estimate of drug-likeness (QED) is 0.448. The smallest absolute Gasteiger partial charge is 0.343 e. The van der Waals surface area contributed by atoms with Crippen LogP contribution in [0.25, 0.3) is 0 Å². The summed E-state index contributed by atoms with van der Waals surface area (Å²) in [6.07, 6.45) is 0. The molecule has 0 spiro atoms. The van der Waals surface area contributed by atoms with Gasteiger partial charge in [0.05, 0.1) is 11.1 Å². The molecule has 0 amide bonds. The van der Waals surface area contributed by atoms with Crippen molar-refractivity contribution in [3.8, 4) is 23.0 Å². The van der Waals surface area contributed by atoms with E-state index in [1.165, 1.54) is 48.5 Å². The molecule has 0 atom stereocenters. The first-order chi connectivity index (χ1) is 14.5. The molecule has 2 N–H and O–H groups in total. The minimum Gasteiger partial charge on any atom is -0.508 e.